The molecule has 0 aliphatic carbocycles. The molecule has 128 valence electrons. The van der Waals surface area contributed by atoms with Crippen molar-refractivity contribution in [3.05, 3.63) is 30.6 Å². The van der Waals surface area contributed by atoms with Gasteiger partial charge >= 0.3 is 0 Å². The molecule has 6 nitrogen and oxygen atoms in total. The van der Waals surface area contributed by atoms with Gasteiger partial charge in [0, 0.05) is 44.6 Å². The molecule has 0 atom stereocenters. The molecule has 0 N–H and O–H groups in total. The Morgan fingerprint density at radius 1 is 1.04 bits per heavy atom. The van der Waals surface area contributed by atoms with E-state index < -0.39 is 0 Å². The third-order valence-electron chi connectivity index (χ3n) is 5.41. The lowest BCUT2D eigenvalue weighted by atomic mass is 9.90. The molecule has 0 saturated carbocycles. The van der Waals surface area contributed by atoms with Crippen LogP contribution in [-0.2, 0) is 11.8 Å². The Morgan fingerprint density at radius 2 is 1.79 bits per heavy atom. The van der Waals surface area contributed by atoms with Gasteiger partial charge in [0.25, 0.3) is 0 Å². The number of piperidine rings is 1. The van der Waals surface area contributed by atoms with Crippen LogP contribution in [0.25, 0.3) is 11.4 Å². The van der Waals surface area contributed by atoms with Crippen molar-refractivity contribution in [2.24, 2.45) is 7.05 Å². The summed E-state index contributed by atoms with van der Waals surface area (Å²) in [5.74, 6) is 0.486. The minimum atomic E-state index is 0.486. The molecule has 2 aromatic heterocycles. The number of likely N-dealkylation sites (tertiary alicyclic amines) is 1. The third-order valence-corrected chi connectivity index (χ3v) is 5.41. The fraction of sp³-hybridized carbons (Fsp3) is 0.611. The molecule has 2 aromatic rings. The molecule has 0 bridgehead atoms. The summed E-state index contributed by atoms with van der Waals surface area (Å²) in [5.41, 5.74) is 3.17. The third kappa shape index (κ3) is 3.08. The second-order valence-corrected chi connectivity index (χ2v) is 6.83. The summed E-state index contributed by atoms with van der Waals surface area (Å²) < 4.78 is 7.51. The second kappa shape index (κ2) is 6.99. The van der Waals surface area contributed by atoms with Crippen molar-refractivity contribution < 1.29 is 4.74 Å². The van der Waals surface area contributed by atoms with Crippen LogP contribution < -0.4 is 0 Å². The molecule has 0 amide bonds. The van der Waals surface area contributed by atoms with E-state index in [9.17, 15) is 0 Å². The van der Waals surface area contributed by atoms with Gasteiger partial charge in [-0.15, -0.1) is 0 Å². The van der Waals surface area contributed by atoms with E-state index in [2.05, 4.69) is 14.9 Å². The maximum atomic E-state index is 5.50. The molecule has 0 spiro atoms. The largest absolute Gasteiger partial charge is 0.381 e. The molecule has 4 heterocycles. The first-order chi connectivity index (χ1) is 11.8. The summed E-state index contributed by atoms with van der Waals surface area (Å²) in [7, 11) is 2.01. The fourth-order valence-electron chi connectivity index (χ4n) is 4.02. The number of hydrogen-bond acceptors (Lipinski definition) is 5. The number of imidazole rings is 1. The van der Waals surface area contributed by atoms with Crippen molar-refractivity contribution in [3.63, 3.8) is 0 Å². The zero-order chi connectivity index (χ0) is 16.4. The lowest BCUT2D eigenvalue weighted by Crippen LogP contribution is -2.43. The van der Waals surface area contributed by atoms with Crippen molar-refractivity contribution >= 4 is 0 Å². The highest BCUT2D eigenvalue weighted by Crippen LogP contribution is 2.33. The van der Waals surface area contributed by atoms with Crippen molar-refractivity contribution in [2.75, 3.05) is 26.3 Å². The van der Waals surface area contributed by atoms with Gasteiger partial charge in [-0.1, -0.05) is 0 Å². The average Bonchev–Trinajstić information content (AvgIpc) is 3.08. The van der Waals surface area contributed by atoms with Gasteiger partial charge in [0.1, 0.15) is 5.69 Å². The van der Waals surface area contributed by atoms with E-state index in [1.807, 2.05) is 30.3 Å². The summed E-state index contributed by atoms with van der Waals surface area (Å²) in [6.45, 7) is 4.13. The van der Waals surface area contributed by atoms with Crippen molar-refractivity contribution in [1.29, 1.82) is 0 Å². The van der Waals surface area contributed by atoms with Gasteiger partial charge in [0.05, 0.1) is 23.9 Å². The first kappa shape index (κ1) is 15.7. The first-order valence-corrected chi connectivity index (χ1v) is 8.92. The number of nitrogens with zero attached hydrogens (tertiary/aromatic N) is 5. The molecule has 2 fully saturated rings. The topological polar surface area (TPSA) is 56.1 Å². The van der Waals surface area contributed by atoms with E-state index in [0.29, 0.717) is 12.0 Å². The van der Waals surface area contributed by atoms with Crippen LogP contribution in [0.2, 0.25) is 0 Å². The molecule has 24 heavy (non-hydrogen) atoms. The van der Waals surface area contributed by atoms with E-state index >= 15 is 0 Å². The van der Waals surface area contributed by atoms with Crippen LogP contribution in [0, 0.1) is 0 Å². The molecule has 6 heteroatoms. The van der Waals surface area contributed by atoms with Gasteiger partial charge in [-0.2, -0.15) is 0 Å². The minimum absolute atomic E-state index is 0.486. The monoisotopic (exact) mass is 327 g/mol. The SMILES string of the molecule is Cn1cncc1-c1nccnc1C1CCN(C2CCOCC2)CC1. The van der Waals surface area contributed by atoms with Gasteiger partial charge in [-0.05, 0) is 38.8 Å². The number of ether oxygens (including phenoxy) is 1. The van der Waals surface area contributed by atoms with E-state index in [4.69, 9.17) is 9.72 Å². The Bertz CT molecular complexity index is 672. The Balaban J connectivity index is 1.49. The zero-order valence-electron chi connectivity index (χ0n) is 14.3. The number of rotatable bonds is 3. The number of aryl methyl sites for hydroxylation is 1. The predicted molar refractivity (Wildman–Crippen MR) is 91.6 cm³/mol. The Hall–Kier alpha value is -1.79. The Labute approximate surface area is 142 Å². The van der Waals surface area contributed by atoms with Gasteiger partial charge in [0.15, 0.2) is 0 Å². The highest BCUT2D eigenvalue weighted by molar-refractivity contribution is 5.57. The van der Waals surface area contributed by atoms with Gasteiger partial charge in [-0.25, -0.2) is 4.98 Å². The summed E-state index contributed by atoms with van der Waals surface area (Å²) in [6, 6.07) is 0.707. The smallest absolute Gasteiger partial charge is 0.110 e. The Kier molecular flexibility index (Phi) is 4.58. The quantitative estimate of drug-likeness (QED) is 0.865. The summed E-state index contributed by atoms with van der Waals surface area (Å²) in [6.07, 6.45) is 12.0. The molecule has 0 aromatic carbocycles. The molecular formula is C18H25N5O. The molecule has 2 aliphatic rings. The van der Waals surface area contributed by atoms with Crippen molar-refractivity contribution in [1.82, 2.24) is 24.4 Å². The van der Waals surface area contributed by atoms with Gasteiger partial charge < -0.3 is 14.2 Å². The number of aromatic nitrogens is 4. The van der Waals surface area contributed by atoms with Crippen LogP contribution in [0.5, 0.6) is 0 Å². The molecule has 0 radical (unpaired) electrons. The fourth-order valence-corrected chi connectivity index (χ4v) is 4.02. The van der Waals surface area contributed by atoms with Crippen LogP contribution in [0.3, 0.4) is 0 Å². The number of hydrogen-bond donors (Lipinski definition) is 0. The summed E-state index contributed by atoms with van der Waals surface area (Å²) in [4.78, 5) is 16.2. The molecular weight excluding hydrogens is 302 g/mol. The highest BCUT2D eigenvalue weighted by atomic mass is 16.5. The lowest BCUT2D eigenvalue weighted by molar-refractivity contribution is 0.0250. The minimum Gasteiger partial charge on any atom is -0.381 e. The van der Waals surface area contributed by atoms with Gasteiger partial charge in [-0.3, -0.25) is 9.97 Å². The maximum Gasteiger partial charge on any atom is 0.110 e. The van der Waals surface area contributed by atoms with Crippen LogP contribution in [-0.4, -0.2) is 56.8 Å². The van der Waals surface area contributed by atoms with E-state index in [1.54, 1.807) is 6.20 Å². The normalized spacial score (nSPS) is 21.2. The standard InChI is InChI=1S/C18H25N5O/c1-22-13-19-12-16(22)18-17(20-6-7-21-18)14-2-8-23(9-3-14)15-4-10-24-11-5-15/h6-7,12-15H,2-5,8-11H2,1H3. The van der Waals surface area contributed by atoms with Crippen molar-refractivity contribution in [3.8, 4) is 11.4 Å². The maximum absolute atomic E-state index is 5.50. The zero-order valence-corrected chi connectivity index (χ0v) is 14.3. The molecule has 2 saturated heterocycles. The molecule has 2 aliphatic heterocycles. The Morgan fingerprint density at radius 3 is 2.50 bits per heavy atom. The van der Waals surface area contributed by atoms with Crippen LogP contribution >= 0.6 is 0 Å². The first-order valence-electron chi connectivity index (χ1n) is 8.92. The van der Waals surface area contributed by atoms with E-state index in [1.165, 1.54) is 12.8 Å². The van der Waals surface area contributed by atoms with Crippen LogP contribution in [0.1, 0.15) is 37.3 Å². The predicted octanol–water partition coefficient (Wildman–Crippen LogP) is 2.24. The lowest BCUT2D eigenvalue weighted by Gasteiger charge is -2.39. The molecule has 4 rings (SSSR count). The second-order valence-electron chi connectivity index (χ2n) is 6.83. The van der Waals surface area contributed by atoms with Gasteiger partial charge in [0.2, 0.25) is 0 Å². The van der Waals surface area contributed by atoms with E-state index in [-0.39, 0.29) is 0 Å². The van der Waals surface area contributed by atoms with Crippen LogP contribution in [0.15, 0.2) is 24.9 Å². The highest BCUT2D eigenvalue weighted by Gasteiger charge is 2.29. The van der Waals surface area contributed by atoms with E-state index in [0.717, 1.165) is 56.2 Å². The summed E-state index contributed by atoms with van der Waals surface area (Å²) >= 11 is 0. The van der Waals surface area contributed by atoms with Crippen LogP contribution in [0.4, 0.5) is 0 Å². The van der Waals surface area contributed by atoms with Crippen molar-refractivity contribution in [2.45, 2.75) is 37.6 Å². The average molecular weight is 327 g/mol. The molecule has 0 unspecified atom stereocenters. The summed E-state index contributed by atoms with van der Waals surface area (Å²) in [5, 5.41) is 0.